The number of amides is 1. The van der Waals surface area contributed by atoms with E-state index in [-0.39, 0.29) is 5.91 Å². The minimum absolute atomic E-state index is 0.0438. The molecule has 1 fully saturated rings. The Balaban J connectivity index is 2.06. The summed E-state index contributed by atoms with van der Waals surface area (Å²) >= 11 is 6.19. The van der Waals surface area contributed by atoms with Crippen molar-refractivity contribution in [2.24, 2.45) is 5.41 Å². The van der Waals surface area contributed by atoms with E-state index in [0.717, 1.165) is 19.4 Å². The van der Waals surface area contributed by atoms with Gasteiger partial charge in [0, 0.05) is 19.3 Å². The van der Waals surface area contributed by atoms with E-state index in [1.165, 1.54) is 0 Å². The molecule has 5 nitrogen and oxygen atoms in total. The highest BCUT2D eigenvalue weighted by atomic mass is 35.5. The SMILES string of the molecule is CCCOc1ccc(NC(=O)C2(COC)CCNC2)cc1Cl. The smallest absolute Gasteiger partial charge is 0.234 e. The van der Waals surface area contributed by atoms with Crippen molar-refractivity contribution in [2.45, 2.75) is 19.8 Å². The summed E-state index contributed by atoms with van der Waals surface area (Å²) in [4.78, 5) is 12.6. The first-order chi connectivity index (χ1) is 10.6. The zero-order valence-electron chi connectivity index (χ0n) is 13.1. The largest absolute Gasteiger partial charge is 0.492 e. The Morgan fingerprint density at radius 2 is 2.32 bits per heavy atom. The first-order valence-electron chi connectivity index (χ1n) is 7.55. The fraction of sp³-hybridized carbons (Fsp3) is 0.562. The second-order valence-corrected chi connectivity index (χ2v) is 6.00. The minimum Gasteiger partial charge on any atom is -0.492 e. The van der Waals surface area contributed by atoms with Gasteiger partial charge in [0.15, 0.2) is 0 Å². The molecule has 2 N–H and O–H groups in total. The van der Waals surface area contributed by atoms with Crippen LogP contribution in [0.15, 0.2) is 18.2 Å². The molecule has 0 bridgehead atoms. The molecule has 22 heavy (non-hydrogen) atoms. The number of hydrogen-bond donors (Lipinski definition) is 2. The molecular weight excluding hydrogens is 304 g/mol. The lowest BCUT2D eigenvalue weighted by atomic mass is 9.87. The van der Waals surface area contributed by atoms with Crippen LogP contribution in [0, 0.1) is 5.41 Å². The summed E-state index contributed by atoms with van der Waals surface area (Å²) in [5.74, 6) is 0.591. The Bertz CT molecular complexity index is 516. The van der Waals surface area contributed by atoms with Crippen LogP contribution in [0.4, 0.5) is 5.69 Å². The van der Waals surface area contributed by atoms with Gasteiger partial charge in [0.25, 0.3) is 0 Å². The summed E-state index contributed by atoms with van der Waals surface area (Å²) in [6.07, 6.45) is 1.68. The van der Waals surface area contributed by atoms with Crippen molar-refractivity contribution in [3.63, 3.8) is 0 Å². The van der Waals surface area contributed by atoms with E-state index >= 15 is 0 Å². The van der Waals surface area contributed by atoms with Crippen molar-refractivity contribution in [3.8, 4) is 5.75 Å². The molecule has 0 aromatic heterocycles. The van der Waals surface area contributed by atoms with Gasteiger partial charge in [-0.05, 0) is 37.6 Å². The molecule has 2 rings (SSSR count). The summed E-state index contributed by atoms with van der Waals surface area (Å²) in [5.41, 5.74) is 0.153. The summed E-state index contributed by atoms with van der Waals surface area (Å²) in [5, 5.41) is 6.65. The number of benzene rings is 1. The molecule has 1 aromatic rings. The predicted octanol–water partition coefficient (Wildman–Crippen LogP) is 2.69. The van der Waals surface area contributed by atoms with Gasteiger partial charge >= 0.3 is 0 Å². The van der Waals surface area contributed by atoms with Gasteiger partial charge in [-0.3, -0.25) is 4.79 Å². The highest BCUT2D eigenvalue weighted by Gasteiger charge is 2.41. The molecule has 1 amide bonds. The van der Waals surface area contributed by atoms with E-state index in [4.69, 9.17) is 21.1 Å². The van der Waals surface area contributed by atoms with Gasteiger partial charge in [0.05, 0.1) is 23.7 Å². The highest BCUT2D eigenvalue weighted by Crippen LogP contribution is 2.31. The molecule has 1 heterocycles. The molecular formula is C16H23ClN2O3. The van der Waals surface area contributed by atoms with E-state index < -0.39 is 5.41 Å². The van der Waals surface area contributed by atoms with Crippen LogP contribution in [0.5, 0.6) is 5.75 Å². The molecule has 0 radical (unpaired) electrons. The van der Waals surface area contributed by atoms with Crippen LogP contribution < -0.4 is 15.4 Å². The van der Waals surface area contributed by atoms with E-state index in [0.29, 0.717) is 36.2 Å². The third kappa shape index (κ3) is 3.91. The Morgan fingerprint density at radius 1 is 1.50 bits per heavy atom. The van der Waals surface area contributed by atoms with Crippen LogP contribution >= 0.6 is 11.6 Å². The number of nitrogens with one attached hydrogen (secondary N) is 2. The van der Waals surface area contributed by atoms with Crippen molar-refractivity contribution in [1.29, 1.82) is 0 Å². The van der Waals surface area contributed by atoms with Crippen LogP contribution in [0.3, 0.4) is 0 Å². The van der Waals surface area contributed by atoms with Gasteiger partial charge in [-0.2, -0.15) is 0 Å². The Kier molecular flexibility index (Phi) is 6.06. The number of rotatable bonds is 7. The average Bonchev–Trinajstić information content (AvgIpc) is 2.97. The number of carbonyl (C=O) groups excluding carboxylic acids is 1. The molecule has 0 aliphatic carbocycles. The molecule has 6 heteroatoms. The van der Waals surface area contributed by atoms with E-state index in [1.54, 1.807) is 25.3 Å². The number of anilines is 1. The Morgan fingerprint density at radius 3 is 2.91 bits per heavy atom. The average molecular weight is 327 g/mol. The number of hydrogen-bond acceptors (Lipinski definition) is 4. The lowest BCUT2D eigenvalue weighted by molar-refractivity contribution is -0.127. The first-order valence-corrected chi connectivity index (χ1v) is 7.92. The monoisotopic (exact) mass is 326 g/mol. The van der Waals surface area contributed by atoms with Crippen molar-refractivity contribution in [2.75, 3.05) is 38.7 Å². The fourth-order valence-electron chi connectivity index (χ4n) is 2.57. The lowest BCUT2D eigenvalue weighted by Crippen LogP contribution is -2.41. The van der Waals surface area contributed by atoms with Crippen molar-refractivity contribution in [1.82, 2.24) is 5.32 Å². The lowest BCUT2D eigenvalue weighted by Gasteiger charge is -2.26. The zero-order chi connectivity index (χ0) is 16.0. The van der Waals surface area contributed by atoms with Gasteiger partial charge < -0.3 is 20.1 Å². The van der Waals surface area contributed by atoms with Crippen LogP contribution in [0.2, 0.25) is 5.02 Å². The molecule has 1 aliphatic rings. The summed E-state index contributed by atoms with van der Waals surface area (Å²) in [7, 11) is 1.62. The van der Waals surface area contributed by atoms with Crippen LogP contribution in [-0.2, 0) is 9.53 Å². The summed E-state index contributed by atoms with van der Waals surface area (Å²) < 4.78 is 10.8. The third-order valence-corrected chi connectivity index (χ3v) is 4.09. The van der Waals surface area contributed by atoms with Gasteiger partial charge in [-0.15, -0.1) is 0 Å². The second kappa shape index (κ2) is 7.81. The number of carbonyl (C=O) groups is 1. The van der Waals surface area contributed by atoms with Crippen LogP contribution in [0.1, 0.15) is 19.8 Å². The quantitative estimate of drug-likeness (QED) is 0.809. The maximum absolute atomic E-state index is 12.6. The van der Waals surface area contributed by atoms with E-state index in [1.807, 2.05) is 6.92 Å². The van der Waals surface area contributed by atoms with Gasteiger partial charge in [-0.1, -0.05) is 18.5 Å². The Labute approximate surface area is 136 Å². The minimum atomic E-state index is -0.515. The van der Waals surface area contributed by atoms with Crippen molar-refractivity contribution >= 4 is 23.2 Å². The zero-order valence-corrected chi connectivity index (χ0v) is 13.8. The summed E-state index contributed by atoms with van der Waals surface area (Å²) in [6, 6.07) is 5.30. The van der Waals surface area contributed by atoms with E-state index in [2.05, 4.69) is 10.6 Å². The van der Waals surface area contributed by atoms with Crippen LogP contribution in [-0.4, -0.2) is 39.3 Å². The normalized spacial score (nSPS) is 20.9. The molecule has 1 aromatic carbocycles. The Hall–Kier alpha value is -1.30. The fourth-order valence-corrected chi connectivity index (χ4v) is 2.81. The molecule has 1 saturated heterocycles. The van der Waals surface area contributed by atoms with Crippen molar-refractivity contribution < 1.29 is 14.3 Å². The first kappa shape index (κ1) is 17.1. The van der Waals surface area contributed by atoms with Gasteiger partial charge in [0.1, 0.15) is 5.75 Å². The highest BCUT2D eigenvalue weighted by molar-refractivity contribution is 6.32. The molecule has 1 atom stereocenters. The van der Waals surface area contributed by atoms with Crippen molar-refractivity contribution in [3.05, 3.63) is 23.2 Å². The maximum atomic E-state index is 12.6. The number of methoxy groups -OCH3 is 1. The molecule has 0 spiro atoms. The molecule has 0 saturated carbocycles. The molecule has 1 unspecified atom stereocenters. The standard InChI is InChI=1S/C16H23ClN2O3/c1-3-8-22-14-5-4-12(9-13(14)17)19-15(20)16(11-21-2)6-7-18-10-16/h4-5,9,18H,3,6-8,10-11H2,1-2H3,(H,19,20). The number of ether oxygens (including phenoxy) is 2. The molecule has 1 aliphatic heterocycles. The number of halogens is 1. The van der Waals surface area contributed by atoms with Gasteiger partial charge in [-0.25, -0.2) is 0 Å². The van der Waals surface area contributed by atoms with Gasteiger partial charge in [0.2, 0.25) is 5.91 Å². The van der Waals surface area contributed by atoms with E-state index in [9.17, 15) is 4.79 Å². The predicted molar refractivity (Wildman–Crippen MR) is 87.7 cm³/mol. The van der Waals surface area contributed by atoms with Crippen LogP contribution in [0.25, 0.3) is 0 Å². The summed E-state index contributed by atoms with van der Waals surface area (Å²) in [6.45, 7) is 4.50. The topological polar surface area (TPSA) is 59.6 Å². The maximum Gasteiger partial charge on any atom is 0.234 e. The molecule has 122 valence electrons. The second-order valence-electron chi connectivity index (χ2n) is 5.59. The third-order valence-electron chi connectivity index (χ3n) is 3.80.